The van der Waals surface area contributed by atoms with Crippen LogP contribution in [0.3, 0.4) is 0 Å². The van der Waals surface area contributed by atoms with Gasteiger partial charge in [-0.25, -0.2) is 0 Å². The van der Waals surface area contributed by atoms with E-state index in [0.717, 1.165) is 5.56 Å². The van der Waals surface area contributed by atoms with Crippen molar-refractivity contribution in [2.24, 2.45) is 5.73 Å². The van der Waals surface area contributed by atoms with Crippen molar-refractivity contribution in [3.05, 3.63) is 35.9 Å². The zero-order valence-corrected chi connectivity index (χ0v) is 9.95. The number of rotatable bonds is 3. The molecule has 0 bridgehead atoms. The zero-order chi connectivity index (χ0) is 12.3. The molecule has 2 rings (SSSR count). The van der Waals surface area contributed by atoms with Gasteiger partial charge in [0, 0.05) is 6.04 Å². The van der Waals surface area contributed by atoms with Gasteiger partial charge in [-0.15, -0.1) is 0 Å². The molecule has 94 valence electrons. The van der Waals surface area contributed by atoms with Gasteiger partial charge < -0.3 is 20.3 Å². The highest BCUT2D eigenvalue weighted by atomic mass is 16.6. The van der Waals surface area contributed by atoms with Gasteiger partial charge in [0.2, 0.25) is 0 Å². The number of nitrogens with two attached hydrogens (primary N) is 1. The lowest BCUT2D eigenvalue weighted by atomic mass is 10.0. The Bertz CT molecular complexity index is 344. The number of hydrogen-bond acceptors (Lipinski definition) is 4. The Morgan fingerprint density at radius 2 is 2.12 bits per heavy atom. The molecule has 1 aromatic carbocycles. The van der Waals surface area contributed by atoms with Gasteiger partial charge in [-0.2, -0.15) is 0 Å². The average Bonchev–Trinajstić information content (AvgIpc) is 2.33. The Hall–Kier alpha value is -0.940. The van der Waals surface area contributed by atoms with Crippen LogP contribution in [0.15, 0.2) is 30.3 Å². The molecule has 4 nitrogen and oxygen atoms in total. The average molecular weight is 237 g/mol. The van der Waals surface area contributed by atoms with E-state index in [4.69, 9.17) is 15.2 Å². The second-order valence-corrected chi connectivity index (χ2v) is 4.47. The first-order valence-electron chi connectivity index (χ1n) is 5.91. The number of aliphatic hydroxyl groups excluding tert-OH is 1. The van der Waals surface area contributed by atoms with Crippen molar-refractivity contribution in [2.45, 2.75) is 44.5 Å². The predicted octanol–water partition coefficient (Wildman–Crippen LogP) is 1.03. The number of aliphatic hydroxyl groups is 1. The van der Waals surface area contributed by atoms with Crippen LogP contribution in [0.25, 0.3) is 0 Å². The zero-order valence-electron chi connectivity index (χ0n) is 9.95. The summed E-state index contributed by atoms with van der Waals surface area (Å²) in [4.78, 5) is 0. The van der Waals surface area contributed by atoms with Gasteiger partial charge in [-0.3, -0.25) is 0 Å². The molecule has 1 aromatic rings. The van der Waals surface area contributed by atoms with Crippen LogP contribution in [0.5, 0.6) is 0 Å². The first-order chi connectivity index (χ1) is 8.16. The largest absolute Gasteiger partial charge is 0.368 e. The van der Waals surface area contributed by atoms with Crippen LogP contribution in [0.4, 0.5) is 0 Å². The standard InChI is InChI=1S/C13H19NO3/c1-9-11(14)7-12(13(15)17-9)16-8-10-5-3-2-4-6-10/h2-6,9,11-13,15H,7-8,14H2,1H3/t9-,11+,12+,13+/m1/s1. The SMILES string of the molecule is C[C@H]1O[C@H](O)[C@@H](OCc2ccccc2)C[C@@H]1N. The quantitative estimate of drug-likeness (QED) is 0.824. The van der Waals surface area contributed by atoms with Crippen molar-refractivity contribution in [1.82, 2.24) is 0 Å². The number of ether oxygens (including phenoxy) is 2. The predicted molar refractivity (Wildman–Crippen MR) is 64.2 cm³/mol. The summed E-state index contributed by atoms with van der Waals surface area (Å²) in [7, 11) is 0. The molecule has 0 amide bonds. The lowest BCUT2D eigenvalue weighted by Gasteiger charge is -2.35. The highest BCUT2D eigenvalue weighted by Crippen LogP contribution is 2.20. The second-order valence-electron chi connectivity index (χ2n) is 4.47. The summed E-state index contributed by atoms with van der Waals surface area (Å²) in [5, 5.41) is 9.73. The van der Waals surface area contributed by atoms with E-state index < -0.39 is 6.29 Å². The van der Waals surface area contributed by atoms with E-state index in [1.165, 1.54) is 0 Å². The molecule has 17 heavy (non-hydrogen) atoms. The van der Waals surface area contributed by atoms with Gasteiger partial charge in [-0.1, -0.05) is 30.3 Å². The number of hydrogen-bond donors (Lipinski definition) is 2. The van der Waals surface area contributed by atoms with Gasteiger partial charge in [-0.05, 0) is 18.9 Å². The molecular weight excluding hydrogens is 218 g/mol. The third kappa shape index (κ3) is 3.26. The van der Waals surface area contributed by atoms with Gasteiger partial charge in [0.25, 0.3) is 0 Å². The van der Waals surface area contributed by atoms with Crippen molar-refractivity contribution in [3.63, 3.8) is 0 Å². The normalized spacial score (nSPS) is 33.6. The summed E-state index contributed by atoms with van der Waals surface area (Å²) < 4.78 is 10.9. The maximum Gasteiger partial charge on any atom is 0.181 e. The summed E-state index contributed by atoms with van der Waals surface area (Å²) in [6, 6.07) is 9.76. The summed E-state index contributed by atoms with van der Waals surface area (Å²) in [5.41, 5.74) is 6.96. The summed E-state index contributed by atoms with van der Waals surface area (Å²) >= 11 is 0. The fourth-order valence-electron chi connectivity index (χ4n) is 1.91. The molecular formula is C13H19NO3. The molecule has 1 aliphatic heterocycles. The van der Waals surface area contributed by atoms with E-state index in [-0.39, 0.29) is 18.2 Å². The number of benzene rings is 1. The molecule has 0 unspecified atom stereocenters. The van der Waals surface area contributed by atoms with Crippen LogP contribution < -0.4 is 5.73 Å². The second kappa shape index (κ2) is 5.60. The highest BCUT2D eigenvalue weighted by Gasteiger charge is 2.33. The lowest BCUT2D eigenvalue weighted by molar-refractivity contribution is -0.232. The smallest absolute Gasteiger partial charge is 0.181 e. The van der Waals surface area contributed by atoms with Crippen LogP contribution in [0.2, 0.25) is 0 Å². The molecule has 1 heterocycles. The molecule has 1 fully saturated rings. The van der Waals surface area contributed by atoms with Crippen molar-refractivity contribution in [2.75, 3.05) is 0 Å². The van der Waals surface area contributed by atoms with Crippen LogP contribution in [0, 0.1) is 0 Å². The summed E-state index contributed by atoms with van der Waals surface area (Å²) in [6.07, 6.45) is -0.730. The monoisotopic (exact) mass is 237 g/mol. The molecule has 1 saturated heterocycles. The molecule has 0 spiro atoms. The van der Waals surface area contributed by atoms with Crippen molar-refractivity contribution in [1.29, 1.82) is 0 Å². The Kier molecular flexibility index (Phi) is 4.12. The Morgan fingerprint density at radius 1 is 1.41 bits per heavy atom. The Balaban J connectivity index is 1.87. The van der Waals surface area contributed by atoms with Crippen molar-refractivity contribution >= 4 is 0 Å². The first kappa shape index (κ1) is 12.5. The third-order valence-electron chi connectivity index (χ3n) is 3.09. The van der Waals surface area contributed by atoms with Crippen LogP contribution >= 0.6 is 0 Å². The van der Waals surface area contributed by atoms with E-state index in [2.05, 4.69) is 0 Å². The lowest BCUT2D eigenvalue weighted by Crippen LogP contribution is -2.50. The minimum atomic E-state index is -0.881. The molecule has 1 aliphatic rings. The molecule has 0 aliphatic carbocycles. The molecule has 4 atom stereocenters. The molecule has 4 heteroatoms. The van der Waals surface area contributed by atoms with Gasteiger partial charge >= 0.3 is 0 Å². The van der Waals surface area contributed by atoms with E-state index in [1.54, 1.807) is 0 Å². The van der Waals surface area contributed by atoms with Crippen LogP contribution in [-0.4, -0.2) is 29.6 Å². The van der Waals surface area contributed by atoms with E-state index >= 15 is 0 Å². The molecule has 0 radical (unpaired) electrons. The van der Waals surface area contributed by atoms with Gasteiger partial charge in [0.05, 0.1) is 12.7 Å². The van der Waals surface area contributed by atoms with Crippen LogP contribution in [-0.2, 0) is 16.1 Å². The topological polar surface area (TPSA) is 64.7 Å². The first-order valence-corrected chi connectivity index (χ1v) is 5.91. The van der Waals surface area contributed by atoms with Gasteiger partial charge in [0.15, 0.2) is 6.29 Å². The fraction of sp³-hybridized carbons (Fsp3) is 0.538. The van der Waals surface area contributed by atoms with Gasteiger partial charge in [0.1, 0.15) is 6.10 Å². The van der Waals surface area contributed by atoms with Crippen molar-refractivity contribution in [3.8, 4) is 0 Å². The maximum absolute atomic E-state index is 9.73. The fourth-order valence-corrected chi connectivity index (χ4v) is 1.91. The highest BCUT2D eigenvalue weighted by molar-refractivity contribution is 5.13. The Labute approximate surface area is 101 Å². The van der Waals surface area contributed by atoms with Crippen LogP contribution in [0.1, 0.15) is 18.9 Å². The van der Waals surface area contributed by atoms with E-state index in [9.17, 15) is 5.11 Å². The van der Waals surface area contributed by atoms with E-state index in [0.29, 0.717) is 13.0 Å². The third-order valence-corrected chi connectivity index (χ3v) is 3.09. The minimum Gasteiger partial charge on any atom is -0.368 e. The molecule has 0 saturated carbocycles. The van der Waals surface area contributed by atoms with E-state index in [1.807, 2.05) is 37.3 Å². The molecule has 3 N–H and O–H groups in total. The maximum atomic E-state index is 9.73. The van der Waals surface area contributed by atoms with Crippen molar-refractivity contribution < 1.29 is 14.6 Å². The minimum absolute atomic E-state index is 0.0841. The Morgan fingerprint density at radius 3 is 2.82 bits per heavy atom. The summed E-state index contributed by atoms with van der Waals surface area (Å²) in [5.74, 6) is 0. The molecule has 0 aromatic heterocycles. The summed E-state index contributed by atoms with van der Waals surface area (Å²) in [6.45, 7) is 2.33.